The molecule has 0 aliphatic heterocycles. The monoisotopic (exact) mass is 450 g/mol. The lowest BCUT2D eigenvalue weighted by molar-refractivity contribution is -0.128. The first-order valence-electron chi connectivity index (χ1n) is 10.5. The average Bonchev–Trinajstić information content (AvgIpc) is 2.81. The number of aliphatic hydroxyl groups is 1. The van der Waals surface area contributed by atoms with E-state index in [2.05, 4.69) is 15.6 Å². The molecule has 1 aromatic heterocycles. The number of aliphatic hydroxyl groups excluding tert-OH is 1. The van der Waals surface area contributed by atoms with Gasteiger partial charge in [0.05, 0.1) is 18.0 Å². The molecule has 33 heavy (non-hydrogen) atoms. The summed E-state index contributed by atoms with van der Waals surface area (Å²) in [5.41, 5.74) is 7.63. The van der Waals surface area contributed by atoms with Gasteiger partial charge in [0, 0.05) is 24.0 Å². The van der Waals surface area contributed by atoms with E-state index in [1.165, 1.54) is 0 Å². The zero-order chi connectivity index (χ0) is 23.6. The second-order valence-corrected chi connectivity index (χ2v) is 7.52. The molecule has 2 aromatic carbocycles. The lowest BCUT2D eigenvalue weighted by atomic mass is 10.1. The first-order chi connectivity index (χ1) is 15.9. The van der Waals surface area contributed by atoms with Crippen LogP contribution in [0.15, 0.2) is 66.7 Å². The van der Waals surface area contributed by atoms with Gasteiger partial charge in [-0.15, -0.1) is 0 Å². The second kappa shape index (κ2) is 11.6. The van der Waals surface area contributed by atoms with Gasteiger partial charge in [0.15, 0.2) is 0 Å². The zero-order valence-electron chi connectivity index (χ0n) is 17.9. The van der Waals surface area contributed by atoms with Gasteiger partial charge >= 0.3 is 6.09 Å². The van der Waals surface area contributed by atoms with Crippen LogP contribution in [0.5, 0.6) is 0 Å². The van der Waals surface area contributed by atoms with Crippen LogP contribution in [0.4, 0.5) is 4.79 Å². The predicted octanol–water partition coefficient (Wildman–Crippen LogP) is 1.42. The molecule has 3 amide bonds. The lowest BCUT2D eigenvalue weighted by Gasteiger charge is -2.17. The van der Waals surface area contributed by atoms with Crippen molar-refractivity contribution in [1.82, 2.24) is 15.6 Å². The van der Waals surface area contributed by atoms with E-state index < -0.39 is 30.1 Å². The molecule has 0 bridgehead atoms. The molecule has 0 spiro atoms. The average molecular weight is 450 g/mol. The van der Waals surface area contributed by atoms with E-state index in [0.717, 1.165) is 16.5 Å². The molecule has 3 aromatic rings. The maximum absolute atomic E-state index is 12.3. The highest BCUT2D eigenvalue weighted by molar-refractivity contribution is 5.87. The van der Waals surface area contributed by atoms with Crippen molar-refractivity contribution in [3.63, 3.8) is 0 Å². The van der Waals surface area contributed by atoms with Crippen molar-refractivity contribution in [3.05, 3.63) is 78.0 Å². The summed E-state index contributed by atoms with van der Waals surface area (Å²) in [6.45, 7) is -0.0964. The van der Waals surface area contributed by atoms with Crippen LogP contribution in [0.25, 0.3) is 10.9 Å². The number of ether oxygens (including phenoxy) is 1. The molecule has 0 aliphatic carbocycles. The lowest BCUT2D eigenvalue weighted by Crippen LogP contribution is -2.47. The van der Waals surface area contributed by atoms with Gasteiger partial charge in [-0.3, -0.25) is 14.6 Å². The molecule has 0 saturated heterocycles. The number of pyridine rings is 1. The number of carbonyl (C=O) groups is 3. The van der Waals surface area contributed by atoms with Crippen LogP contribution in [0.1, 0.15) is 17.7 Å². The molecule has 0 radical (unpaired) electrons. The number of aromatic nitrogens is 1. The summed E-state index contributed by atoms with van der Waals surface area (Å²) in [6, 6.07) is 19.3. The van der Waals surface area contributed by atoms with Crippen molar-refractivity contribution in [2.75, 3.05) is 6.54 Å². The van der Waals surface area contributed by atoms with Gasteiger partial charge in [-0.25, -0.2) is 4.79 Å². The largest absolute Gasteiger partial charge is 0.445 e. The minimum Gasteiger partial charge on any atom is -0.445 e. The zero-order valence-corrected chi connectivity index (χ0v) is 17.9. The molecular formula is C24H26N4O5. The third kappa shape index (κ3) is 7.58. The van der Waals surface area contributed by atoms with E-state index in [1.54, 1.807) is 6.07 Å². The highest BCUT2D eigenvalue weighted by atomic mass is 16.5. The number of nitrogens with two attached hydrogens (primary N) is 1. The number of primary amides is 1. The van der Waals surface area contributed by atoms with Crippen LogP contribution in [-0.4, -0.2) is 46.7 Å². The Hall–Kier alpha value is -3.98. The smallest absolute Gasteiger partial charge is 0.407 e. The molecule has 1 heterocycles. The number of alkyl carbamates (subject to hydrolysis) is 1. The highest BCUT2D eigenvalue weighted by Crippen LogP contribution is 2.13. The van der Waals surface area contributed by atoms with E-state index in [1.807, 2.05) is 60.7 Å². The number of hydrogen-bond donors (Lipinski definition) is 4. The Balaban J connectivity index is 1.44. The maximum atomic E-state index is 12.3. The summed E-state index contributed by atoms with van der Waals surface area (Å²) >= 11 is 0. The van der Waals surface area contributed by atoms with Crippen LogP contribution in [-0.2, 0) is 27.4 Å². The van der Waals surface area contributed by atoms with Gasteiger partial charge in [-0.1, -0.05) is 54.6 Å². The SMILES string of the molecule is NC(=O)[C@@H](Cc1ccc2ccccc2n1)NC(=O)C[C@H](O)CNC(=O)OCc1ccccc1. The van der Waals surface area contributed by atoms with Crippen LogP contribution >= 0.6 is 0 Å². The number of nitrogens with zero attached hydrogens (tertiary/aromatic N) is 1. The number of rotatable bonds is 10. The Kier molecular flexibility index (Phi) is 8.31. The van der Waals surface area contributed by atoms with Gasteiger partial charge in [0.1, 0.15) is 12.6 Å². The minimum atomic E-state index is -1.17. The molecule has 0 saturated carbocycles. The van der Waals surface area contributed by atoms with Crippen molar-refractivity contribution in [2.45, 2.75) is 31.6 Å². The van der Waals surface area contributed by atoms with Crippen LogP contribution in [0, 0.1) is 0 Å². The Bertz CT molecular complexity index is 1110. The maximum Gasteiger partial charge on any atom is 0.407 e. The van der Waals surface area contributed by atoms with Gasteiger partial charge in [0.2, 0.25) is 11.8 Å². The van der Waals surface area contributed by atoms with Crippen molar-refractivity contribution < 1.29 is 24.2 Å². The van der Waals surface area contributed by atoms with Crippen molar-refractivity contribution in [2.24, 2.45) is 5.73 Å². The number of amides is 3. The Morgan fingerprint density at radius 1 is 1.00 bits per heavy atom. The van der Waals surface area contributed by atoms with E-state index in [-0.39, 0.29) is 26.0 Å². The Labute approximate surface area is 191 Å². The number of hydrogen-bond acceptors (Lipinski definition) is 6. The fourth-order valence-electron chi connectivity index (χ4n) is 3.17. The van der Waals surface area contributed by atoms with E-state index in [4.69, 9.17) is 10.5 Å². The fourth-order valence-corrected chi connectivity index (χ4v) is 3.17. The van der Waals surface area contributed by atoms with Crippen molar-refractivity contribution >= 4 is 28.8 Å². The molecule has 9 heteroatoms. The normalized spacial score (nSPS) is 12.5. The van der Waals surface area contributed by atoms with Gasteiger partial charge in [0.25, 0.3) is 0 Å². The van der Waals surface area contributed by atoms with Crippen LogP contribution in [0.3, 0.4) is 0 Å². The molecule has 0 aliphatic rings. The quantitative estimate of drug-likeness (QED) is 0.368. The third-order valence-electron chi connectivity index (χ3n) is 4.86. The molecule has 3 rings (SSSR count). The van der Waals surface area contributed by atoms with E-state index >= 15 is 0 Å². The predicted molar refractivity (Wildman–Crippen MR) is 122 cm³/mol. The summed E-state index contributed by atoms with van der Waals surface area (Å²) in [7, 11) is 0. The standard InChI is InChI=1S/C24H26N4O5/c25-23(31)21(12-18-11-10-17-8-4-5-9-20(17)27-18)28-22(30)13-19(29)14-26-24(32)33-15-16-6-2-1-3-7-16/h1-11,19,21,29H,12-15H2,(H2,25,31)(H,26,32)(H,28,30)/t19-,21+/m0/s1. The highest BCUT2D eigenvalue weighted by Gasteiger charge is 2.21. The minimum absolute atomic E-state index is 0.0896. The van der Waals surface area contributed by atoms with E-state index in [9.17, 15) is 19.5 Å². The number of para-hydroxylation sites is 1. The van der Waals surface area contributed by atoms with Gasteiger partial charge < -0.3 is 26.2 Å². The summed E-state index contributed by atoms with van der Waals surface area (Å²) in [6.07, 6.45) is -2.09. The van der Waals surface area contributed by atoms with Crippen molar-refractivity contribution in [3.8, 4) is 0 Å². The third-order valence-corrected chi connectivity index (χ3v) is 4.86. The molecular weight excluding hydrogens is 424 g/mol. The topological polar surface area (TPSA) is 144 Å². The molecule has 172 valence electrons. The number of benzene rings is 2. The first-order valence-corrected chi connectivity index (χ1v) is 10.5. The summed E-state index contributed by atoms with van der Waals surface area (Å²) in [4.78, 5) is 40.4. The molecule has 0 fully saturated rings. The van der Waals surface area contributed by atoms with E-state index in [0.29, 0.717) is 5.69 Å². The fraction of sp³-hybridized carbons (Fsp3) is 0.250. The second-order valence-electron chi connectivity index (χ2n) is 7.52. The van der Waals surface area contributed by atoms with Gasteiger partial charge in [-0.05, 0) is 17.7 Å². The number of carbonyl (C=O) groups excluding carboxylic acids is 3. The number of fused-ring (bicyclic) bond motifs is 1. The molecule has 9 nitrogen and oxygen atoms in total. The Morgan fingerprint density at radius 3 is 2.48 bits per heavy atom. The summed E-state index contributed by atoms with van der Waals surface area (Å²) in [5, 5.41) is 15.9. The first kappa shape index (κ1) is 23.7. The summed E-state index contributed by atoms with van der Waals surface area (Å²) in [5.74, 6) is -1.29. The molecule has 0 unspecified atom stereocenters. The Morgan fingerprint density at radius 2 is 1.73 bits per heavy atom. The van der Waals surface area contributed by atoms with Crippen LogP contribution in [0.2, 0.25) is 0 Å². The van der Waals surface area contributed by atoms with Crippen LogP contribution < -0.4 is 16.4 Å². The van der Waals surface area contributed by atoms with Crippen molar-refractivity contribution in [1.29, 1.82) is 0 Å². The molecule has 2 atom stereocenters. The van der Waals surface area contributed by atoms with Gasteiger partial charge in [-0.2, -0.15) is 0 Å². The summed E-state index contributed by atoms with van der Waals surface area (Å²) < 4.78 is 5.05. The number of nitrogens with one attached hydrogen (secondary N) is 2. The molecule has 5 N–H and O–H groups in total.